The molecule has 1 unspecified atom stereocenters. The molecular weight excluding hydrogens is 284 g/mol. The summed E-state index contributed by atoms with van der Waals surface area (Å²) in [5.74, 6) is 0.925. The van der Waals surface area contributed by atoms with Crippen LogP contribution in [0.1, 0.15) is 16.1 Å². The molecule has 0 aliphatic carbocycles. The second-order valence-corrected chi connectivity index (χ2v) is 5.87. The molecule has 2 aromatic rings. The van der Waals surface area contributed by atoms with Gasteiger partial charge < -0.3 is 4.98 Å². The number of thiophene rings is 1. The summed E-state index contributed by atoms with van der Waals surface area (Å²) in [6.07, 6.45) is 4.29. The van der Waals surface area contributed by atoms with Gasteiger partial charge >= 0.3 is 0 Å². The van der Waals surface area contributed by atoms with E-state index >= 15 is 0 Å². The molecule has 1 atom stereocenters. The Labute approximate surface area is 99.5 Å². The molecule has 2 nitrogen and oxygen atoms in total. The summed E-state index contributed by atoms with van der Waals surface area (Å²) in [7, 11) is 0. The van der Waals surface area contributed by atoms with Gasteiger partial charge in [-0.25, -0.2) is 4.98 Å². The summed E-state index contributed by atoms with van der Waals surface area (Å²) in [6.45, 7) is 0. The fourth-order valence-electron chi connectivity index (χ4n) is 1.18. The summed E-state index contributed by atoms with van der Waals surface area (Å²) < 4.78 is 1.11. The zero-order chi connectivity index (χ0) is 9.97. The van der Waals surface area contributed by atoms with E-state index in [0.29, 0.717) is 0 Å². The molecule has 0 saturated carbocycles. The topological polar surface area (TPSA) is 28.7 Å². The fourth-order valence-corrected chi connectivity index (χ4v) is 2.93. The zero-order valence-electron chi connectivity index (χ0n) is 7.21. The number of H-pyrrole nitrogens is 1. The highest BCUT2D eigenvalue weighted by atomic mass is 79.9. The normalized spacial score (nSPS) is 13.0. The predicted octanol–water partition coefficient (Wildman–Crippen LogP) is 3.76. The number of alkyl halides is 1. The summed E-state index contributed by atoms with van der Waals surface area (Å²) in [5, 5.41) is -0.00236. The van der Waals surface area contributed by atoms with Crippen molar-refractivity contribution in [2.45, 2.75) is 11.8 Å². The maximum Gasteiger partial charge on any atom is 0.107 e. The van der Waals surface area contributed by atoms with Crippen LogP contribution >= 0.6 is 38.9 Å². The Morgan fingerprint density at radius 2 is 2.43 bits per heavy atom. The molecule has 74 valence electrons. The second kappa shape index (κ2) is 4.47. The Morgan fingerprint density at radius 1 is 1.57 bits per heavy atom. The molecule has 0 amide bonds. The van der Waals surface area contributed by atoms with Crippen LogP contribution in [0.15, 0.2) is 28.3 Å². The number of nitrogens with one attached hydrogen (secondary N) is 1. The van der Waals surface area contributed by atoms with Gasteiger partial charge in [-0.3, -0.25) is 0 Å². The van der Waals surface area contributed by atoms with E-state index in [4.69, 9.17) is 11.6 Å². The first-order valence-electron chi connectivity index (χ1n) is 4.13. The molecule has 2 heterocycles. The molecule has 0 aromatic carbocycles. The largest absolute Gasteiger partial charge is 0.349 e. The molecule has 0 spiro atoms. The van der Waals surface area contributed by atoms with Gasteiger partial charge in [-0.05, 0) is 28.1 Å². The summed E-state index contributed by atoms with van der Waals surface area (Å²) in [5.41, 5.74) is 0. The van der Waals surface area contributed by atoms with Crippen LogP contribution in [-0.2, 0) is 6.42 Å². The van der Waals surface area contributed by atoms with Crippen molar-refractivity contribution < 1.29 is 0 Å². The third-order valence-electron chi connectivity index (χ3n) is 1.83. The minimum atomic E-state index is -0.00236. The second-order valence-electron chi connectivity index (χ2n) is 2.85. The van der Waals surface area contributed by atoms with E-state index in [1.807, 2.05) is 18.3 Å². The number of aromatic amines is 1. The van der Waals surface area contributed by atoms with Gasteiger partial charge in [0.15, 0.2) is 0 Å². The molecule has 14 heavy (non-hydrogen) atoms. The average molecular weight is 292 g/mol. The maximum absolute atomic E-state index is 6.24. The average Bonchev–Trinajstić information content (AvgIpc) is 2.75. The number of hydrogen-bond acceptors (Lipinski definition) is 2. The molecule has 0 radical (unpaired) electrons. The van der Waals surface area contributed by atoms with Crippen LogP contribution in [0, 0.1) is 0 Å². The first kappa shape index (κ1) is 10.2. The van der Waals surface area contributed by atoms with Crippen LogP contribution in [0.5, 0.6) is 0 Å². The lowest BCUT2D eigenvalue weighted by molar-refractivity contribution is 0.868. The Bertz CT molecular complexity index is 399. The molecule has 0 aliphatic rings. The van der Waals surface area contributed by atoms with Crippen molar-refractivity contribution in [2.24, 2.45) is 0 Å². The maximum atomic E-state index is 6.24. The van der Waals surface area contributed by atoms with Crippen molar-refractivity contribution in [3.63, 3.8) is 0 Å². The lowest BCUT2D eigenvalue weighted by Gasteiger charge is -2.03. The van der Waals surface area contributed by atoms with Crippen molar-refractivity contribution in [2.75, 3.05) is 0 Å². The van der Waals surface area contributed by atoms with Gasteiger partial charge in [-0.2, -0.15) is 0 Å². The van der Waals surface area contributed by atoms with Gasteiger partial charge in [0.05, 0.1) is 9.16 Å². The van der Waals surface area contributed by atoms with Gasteiger partial charge in [0.1, 0.15) is 5.82 Å². The van der Waals surface area contributed by atoms with E-state index in [2.05, 4.69) is 25.9 Å². The molecule has 0 aliphatic heterocycles. The molecule has 5 heteroatoms. The van der Waals surface area contributed by atoms with Gasteiger partial charge in [0.25, 0.3) is 0 Å². The van der Waals surface area contributed by atoms with Crippen LogP contribution in [0.25, 0.3) is 0 Å². The van der Waals surface area contributed by atoms with Crippen LogP contribution in [-0.4, -0.2) is 9.97 Å². The van der Waals surface area contributed by atoms with Crippen LogP contribution < -0.4 is 0 Å². The first-order chi connectivity index (χ1) is 6.75. The lowest BCUT2D eigenvalue weighted by atomic mass is 10.2. The Morgan fingerprint density at radius 3 is 3.00 bits per heavy atom. The molecule has 0 saturated heterocycles. The zero-order valence-corrected chi connectivity index (χ0v) is 10.4. The summed E-state index contributed by atoms with van der Waals surface area (Å²) in [4.78, 5) is 8.35. The number of imidazole rings is 1. The fraction of sp³-hybridized carbons (Fsp3) is 0.222. The minimum absolute atomic E-state index is 0.00236. The van der Waals surface area contributed by atoms with Gasteiger partial charge in [-0.15, -0.1) is 22.9 Å². The highest BCUT2D eigenvalue weighted by Gasteiger charge is 2.12. The molecule has 0 bridgehead atoms. The van der Waals surface area contributed by atoms with Crippen molar-refractivity contribution in [3.8, 4) is 0 Å². The molecule has 2 rings (SSSR count). The van der Waals surface area contributed by atoms with Gasteiger partial charge in [0.2, 0.25) is 0 Å². The minimum Gasteiger partial charge on any atom is -0.349 e. The smallest absolute Gasteiger partial charge is 0.107 e. The summed E-state index contributed by atoms with van der Waals surface area (Å²) in [6, 6.07) is 4.05. The third-order valence-corrected chi connectivity index (χ3v) is 4.09. The van der Waals surface area contributed by atoms with E-state index in [0.717, 1.165) is 20.9 Å². The number of nitrogens with zero attached hydrogens (tertiary/aromatic N) is 1. The molecule has 1 N–H and O–H groups in total. The number of aromatic nitrogens is 2. The monoisotopic (exact) mass is 290 g/mol. The van der Waals surface area contributed by atoms with Crippen molar-refractivity contribution in [3.05, 3.63) is 39.0 Å². The van der Waals surface area contributed by atoms with Crippen LogP contribution in [0.2, 0.25) is 0 Å². The van der Waals surface area contributed by atoms with E-state index in [1.54, 1.807) is 17.5 Å². The predicted molar refractivity (Wildman–Crippen MR) is 62.9 cm³/mol. The van der Waals surface area contributed by atoms with E-state index in [-0.39, 0.29) is 5.38 Å². The Hall–Kier alpha value is -0.320. The highest BCUT2D eigenvalue weighted by molar-refractivity contribution is 9.11. The number of rotatable bonds is 3. The quantitative estimate of drug-likeness (QED) is 0.857. The van der Waals surface area contributed by atoms with Gasteiger partial charge in [0, 0.05) is 23.7 Å². The highest BCUT2D eigenvalue weighted by Crippen LogP contribution is 2.32. The van der Waals surface area contributed by atoms with Crippen molar-refractivity contribution in [1.29, 1.82) is 0 Å². The molecule has 2 aromatic heterocycles. The van der Waals surface area contributed by atoms with Crippen LogP contribution in [0.4, 0.5) is 0 Å². The number of halogens is 2. The van der Waals surface area contributed by atoms with E-state index in [9.17, 15) is 0 Å². The number of hydrogen-bond donors (Lipinski definition) is 1. The van der Waals surface area contributed by atoms with Crippen molar-refractivity contribution in [1.82, 2.24) is 9.97 Å². The SMILES string of the molecule is ClC(Cc1ncc[nH]1)c1ccc(Br)s1. The first-order valence-corrected chi connectivity index (χ1v) is 6.18. The van der Waals surface area contributed by atoms with E-state index < -0.39 is 0 Å². The standard InChI is InChI=1S/C9H8BrClN2S/c10-8-2-1-7(14-8)6(11)5-9-12-3-4-13-9/h1-4,6H,5H2,(H,12,13). The molecular formula is C9H8BrClN2S. The Kier molecular flexibility index (Phi) is 3.26. The lowest BCUT2D eigenvalue weighted by Crippen LogP contribution is -1.95. The van der Waals surface area contributed by atoms with Crippen LogP contribution in [0.3, 0.4) is 0 Å². The van der Waals surface area contributed by atoms with E-state index in [1.165, 1.54) is 0 Å². The Balaban J connectivity index is 2.06. The van der Waals surface area contributed by atoms with Crippen molar-refractivity contribution >= 4 is 38.9 Å². The third kappa shape index (κ3) is 2.38. The van der Waals surface area contributed by atoms with Gasteiger partial charge in [-0.1, -0.05) is 0 Å². The summed E-state index contributed by atoms with van der Waals surface area (Å²) >= 11 is 11.3. The molecule has 0 fully saturated rings.